The summed E-state index contributed by atoms with van der Waals surface area (Å²) in [6.45, 7) is 0. The first-order chi connectivity index (χ1) is 10.1. The van der Waals surface area contributed by atoms with Crippen molar-refractivity contribution in [2.45, 2.75) is 57.5 Å². The molecule has 1 aromatic heterocycles. The highest BCUT2D eigenvalue weighted by molar-refractivity contribution is 5.69. The summed E-state index contributed by atoms with van der Waals surface area (Å²) in [6.07, 6.45) is 6.16. The van der Waals surface area contributed by atoms with Crippen LogP contribution in [-0.2, 0) is 16.0 Å². The molecule has 0 amide bonds. The van der Waals surface area contributed by atoms with Crippen LogP contribution in [0.2, 0.25) is 0 Å². The number of aromatic amines is 1. The van der Waals surface area contributed by atoms with Crippen LogP contribution in [0.4, 0.5) is 5.95 Å². The van der Waals surface area contributed by atoms with E-state index in [0.717, 1.165) is 25.7 Å². The summed E-state index contributed by atoms with van der Waals surface area (Å²) in [5, 5.41) is 9.57. The largest absolute Gasteiger partial charge is 0.493 e. The molecule has 1 aromatic rings. The van der Waals surface area contributed by atoms with E-state index in [1.54, 1.807) is 0 Å². The number of nitrogens with two attached hydrogens (primary N) is 1. The molecular formula is C14H21N3O4. The molecule has 0 spiro atoms. The first kappa shape index (κ1) is 15.3. The monoisotopic (exact) mass is 295 g/mol. The average Bonchev–Trinajstić information content (AvgIpc) is 2.89. The topological polar surface area (TPSA) is 118 Å². The summed E-state index contributed by atoms with van der Waals surface area (Å²) in [4.78, 5) is 29.2. The minimum atomic E-state index is -0.437. The van der Waals surface area contributed by atoms with Gasteiger partial charge in [-0.25, -0.2) is 0 Å². The van der Waals surface area contributed by atoms with E-state index < -0.39 is 5.56 Å². The summed E-state index contributed by atoms with van der Waals surface area (Å²) in [5.41, 5.74) is 5.08. The standard InChI is InChI=1S/C14H21N3O4/c15-14-16-12(19)10(13(20)17-14)7-3-4-8-11(18)21-9-5-1-2-6-9/h9H,1-8H2,(H4,15,16,17,19,20). The second-order valence-electron chi connectivity index (χ2n) is 5.36. The lowest BCUT2D eigenvalue weighted by molar-refractivity contribution is -0.148. The number of esters is 1. The van der Waals surface area contributed by atoms with Crippen molar-refractivity contribution in [2.75, 3.05) is 5.73 Å². The van der Waals surface area contributed by atoms with Crippen molar-refractivity contribution in [3.63, 3.8) is 0 Å². The maximum Gasteiger partial charge on any atom is 0.306 e. The minimum Gasteiger partial charge on any atom is -0.493 e. The maximum absolute atomic E-state index is 11.6. The predicted octanol–water partition coefficient (Wildman–Crippen LogP) is 1.26. The molecule has 1 aliphatic carbocycles. The van der Waals surface area contributed by atoms with Gasteiger partial charge in [-0.15, -0.1) is 0 Å². The zero-order chi connectivity index (χ0) is 15.2. The number of carbonyl (C=O) groups excluding carboxylic acids is 1. The minimum absolute atomic E-state index is 0.0886. The molecule has 1 fully saturated rings. The lowest BCUT2D eigenvalue weighted by Crippen LogP contribution is -2.17. The number of unbranched alkanes of at least 4 members (excludes halogenated alkanes) is 1. The molecule has 7 nitrogen and oxygen atoms in total. The Hall–Kier alpha value is -2.05. The number of carbonyl (C=O) groups is 1. The van der Waals surface area contributed by atoms with Gasteiger partial charge in [0.2, 0.25) is 11.8 Å². The van der Waals surface area contributed by atoms with E-state index in [0.29, 0.717) is 25.7 Å². The van der Waals surface area contributed by atoms with Gasteiger partial charge in [0.05, 0.1) is 5.56 Å². The third-order valence-electron chi connectivity index (χ3n) is 3.67. The van der Waals surface area contributed by atoms with Crippen LogP contribution in [0.25, 0.3) is 0 Å². The molecule has 0 atom stereocenters. The fourth-order valence-corrected chi connectivity index (χ4v) is 2.55. The molecule has 0 aliphatic heterocycles. The summed E-state index contributed by atoms with van der Waals surface area (Å²) in [6, 6.07) is 0. The lowest BCUT2D eigenvalue weighted by atomic mass is 10.1. The second kappa shape index (κ2) is 7.10. The first-order valence-corrected chi connectivity index (χ1v) is 7.33. The van der Waals surface area contributed by atoms with Crippen molar-refractivity contribution in [2.24, 2.45) is 0 Å². The molecule has 0 aromatic carbocycles. The van der Waals surface area contributed by atoms with Crippen LogP contribution in [0.5, 0.6) is 5.88 Å². The number of rotatable bonds is 6. The Morgan fingerprint density at radius 2 is 2.10 bits per heavy atom. The van der Waals surface area contributed by atoms with Gasteiger partial charge in [0, 0.05) is 6.42 Å². The first-order valence-electron chi connectivity index (χ1n) is 7.33. The Morgan fingerprint density at radius 3 is 2.76 bits per heavy atom. The highest BCUT2D eigenvalue weighted by Crippen LogP contribution is 2.21. The van der Waals surface area contributed by atoms with Crippen LogP contribution < -0.4 is 11.3 Å². The van der Waals surface area contributed by atoms with Crippen molar-refractivity contribution in [1.29, 1.82) is 0 Å². The van der Waals surface area contributed by atoms with Gasteiger partial charge in [0.15, 0.2) is 0 Å². The van der Waals surface area contributed by atoms with Gasteiger partial charge in [-0.2, -0.15) is 4.98 Å². The van der Waals surface area contributed by atoms with E-state index in [1.165, 1.54) is 0 Å². The number of nitrogens with one attached hydrogen (secondary N) is 1. The molecule has 116 valence electrons. The molecule has 21 heavy (non-hydrogen) atoms. The zero-order valence-corrected chi connectivity index (χ0v) is 11.9. The van der Waals surface area contributed by atoms with Crippen molar-refractivity contribution in [3.05, 3.63) is 15.9 Å². The quantitative estimate of drug-likeness (QED) is 0.537. The normalized spacial score (nSPS) is 15.2. The van der Waals surface area contributed by atoms with Crippen LogP contribution >= 0.6 is 0 Å². The Labute approximate surface area is 122 Å². The van der Waals surface area contributed by atoms with Crippen LogP contribution in [0, 0.1) is 0 Å². The van der Waals surface area contributed by atoms with Gasteiger partial charge >= 0.3 is 5.97 Å². The lowest BCUT2D eigenvalue weighted by Gasteiger charge is -2.11. The van der Waals surface area contributed by atoms with Crippen LogP contribution in [0.1, 0.15) is 50.5 Å². The molecule has 2 rings (SSSR count). The summed E-state index contributed by atoms with van der Waals surface area (Å²) in [7, 11) is 0. The number of nitrogens with zero attached hydrogens (tertiary/aromatic N) is 1. The molecule has 4 N–H and O–H groups in total. The van der Waals surface area contributed by atoms with E-state index >= 15 is 0 Å². The number of hydrogen-bond donors (Lipinski definition) is 3. The predicted molar refractivity (Wildman–Crippen MR) is 76.8 cm³/mol. The Kier molecular flexibility index (Phi) is 5.19. The van der Waals surface area contributed by atoms with Gasteiger partial charge in [0.25, 0.3) is 5.56 Å². The second-order valence-corrected chi connectivity index (χ2v) is 5.36. The summed E-state index contributed by atoms with van der Waals surface area (Å²) < 4.78 is 5.34. The molecule has 0 unspecified atom stereocenters. The van der Waals surface area contributed by atoms with E-state index in [9.17, 15) is 14.7 Å². The zero-order valence-electron chi connectivity index (χ0n) is 11.9. The van der Waals surface area contributed by atoms with Crippen molar-refractivity contribution >= 4 is 11.9 Å². The molecule has 0 saturated heterocycles. The summed E-state index contributed by atoms with van der Waals surface area (Å²) in [5.74, 6) is -0.637. The Balaban J connectivity index is 1.72. The number of nitrogen functional groups attached to an aromatic ring is 1. The highest BCUT2D eigenvalue weighted by atomic mass is 16.5. The molecule has 7 heteroatoms. The van der Waals surface area contributed by atoms with Crippen LogP contribution in [0.3, 0.4) is 0 Å². The van der Waals surface area contributed by atoms with Gasteiger partial charge in [-0.1, -0.05) is 0 Å². The smallest absolute Gasteiger partial charge is 0.306 e. The van der Waals surface area contributed by atoms with Gasteiger partial charge in [-0.05, 0) is 44.9 Å². The molecule has 1 heterocycles. The molecule has 0 radical (unpaired) electrons. The molecule has 1 aliphatic rings. The number of hydrogen-bond acceptors (Lipinski definition) is 6. The van der Waals surface area contributed by atoms with E-state index in [-0.39, 0.29) is 29.5 Å². The van der Waals surface area contributed by atoms with Crippen molar-refractivity contribution in [1.82, 2.24) is 9.97 Å². The number of anilines is 1. The molecule has 0 bridgehead atoms. The van der Waals surface area contributed by atoms with E-state index in [2.05, 4.69) is 9.97 Å². The summed E-state index contributed by atoms with van der Waals surface area (Å²) >= 11 is 0. The number of ether oxygens (including phenoxy) is 1. The van der Waals surface area contributed by atoms with Crippen molar-refractivity contribution < 1.29 is 14.6 Å². The van der Waals surface area contributed by atoms with E-state index in [4.69, 9.17) is 10.5 Å². The number of H-pyrrole nitrogens is 1. The van der Waals surface area contributed by atoms with Gasteiger partial charge in [0.1, 0.15) is 6.10 Å². The number of aromatic nitrogens is 2. The molecule has 1 saturated carbocycles. The fraction of sp³-hybridized carbons (Fsp3) is 0.643. The van der Waals surface area contributed by atoms with Gasteiger partial charge < -0.3 is 15.6 Å². The van der Waals surface area contributed by atoms with Gasteiger partial charge in [-0.3, -0.25) is 14.6 Å². The fourth-order valence-electron chi connectivity index (χ4n) is 2.55. The third-order valence-corrected chi connectivity index (χ3v) is 3.67. The SMILES string of the molecule is Nc1nc(O)c(CCCCC(=O)OC2CCCC2)c(=O)[nH]1. The van der Waals surface area contributed by atoms with Crippen molar-refractivity contribution in [3.8, 4) is 5.88 Å². The average molecular weight is 295 g/mol. The number of aromatic hydroxyl groups is 1. The van der Waals surface area contributed by atoms with Crippen LogP contribution in [-0.4, -0.2) is 27.1 Å². The Morgan fingerprint density at radius 1 is 1.38 bits per heavy atom. The van der Waals surface area contributed by atoms with Crippen LogP contribution in [0.15, 0.2) is 4.79 Å². The molecular weight excluding hydrogens is 274 g/mol. The van der Waals surface area contributed by atoms with E-state index in [1.807, 2.05) is 0 Å². The third kappa shape index (κ3) is 4.47. The highest BCUT2D eigenvalue weighted by Gasteiger charge is 2.18. The Bertz CT molecular complexity index is 550. The maximum atomic E-state index is 11.6.